The van der Waals surface area contributed by atoms with Crippen LogP contribution in [0.4, 0.5) is 5.69 Å². The SMILES string of the molecule is CCCNS(=O)(=O)c1cc(N)c(Cl)cc1C. The average molecular weight is 263 g/mol. The molecule has 0 aromatic heterocycles. The molecule has 0 atom stereocenters. The highest BCUT2D eigenvalue weighted by Gasteiger charge is 2.17. The maximum atomic E-state index is 11.9. The van der Waals surface area contributed by atoms with Crippen LogP contribution in [0.1, 0.15) is 18.9 Å². The zero-order valence-electron chi connectivity index (χ0n) is 9.25. The number of anilines is 1. The molecular formula is C10H15ClN2O2S. The van der Waals surface area contributed by atoms with E-state index < -0.39 is 10.0 Å². The summed E-state index contributed by atoms with van der Waals surface area (Å²) in [7, 11) is -3.48. The number of nitrogens with two attached hydrogens (primary N) is 1. The molecule has 0 unspecified atom stereocenters. The highest BCUT2D eigenvalue weighted by molar-refractivity contribution is 7.89. The summed E-state index contributed by atoms with van der Waals surface area (Å²) >= 11 is 5.80. The van der Waals surface area contributed by atoms with Crippen molar-refractivity contribution in [2.45, 2.75) is 25.2 Å². The van der Waals surface area contributed by atoms with Crippen LogP contribution in [0.3, 0.4) is 0 Å². The van der Waals surface area contributed by atoms with Crippen molar-refractivity contribution in [2.24, 2.45) is 0 Å². The zero-order valence-corrected chi connectivity index (χ0v) is 10.8. The van der Waals surface area contributed by atoms with E-state index >= 15 is 0 Å². The Bertz CT molecular complexity index is 486. The van der Waals surface area contributed by atoms with Crippen LogP contribution in [0.15, 0.2) is 17.0 Å². The van der Waals surface area contributed by atoms with Gasteiger partial charge in [0.2, 0.25) is 10.0 Å². The molecule has 1 rings (SSSR count). The zero-order chi connectivity index (χ0) is 12.3. The van der Waals surface area contributed by atoms with Gasteiger partial charge in [0, 0.05) is 6.54 Å². The van der Waals surface area contributed by atoms with Crippen molar-refractivity contribution in [3.63, 3.8) is 0 Å². The van der Waals surface area contributed by atoms with Gasteiger partial charge in [0.1, 0.15) is 0 Å². The minimum absolute atomic E-state index is 0.183. The Morgan fingerprint density at radius 2 is 2.06 bits per heavy atom. The summed E-state index contributed by atoms with van der Waals surface area (Å²) in [5.74, 6) is 0. The quantitative estimate of drug-likeness (QED) is 0.815. The van der Waals surface area contributed by atoms with E-state index in [4.69, 9.17) is 17.3 Å². The molecule has 90 valence electrons. The molecule has 1 aromatic carbocycles. The van der Waals surface area contributed by atoms with E-state index in [9.17, 15) is 8.42 Å². The Morgan fingerprint density at radius 3 is 2.62 bits per heavy atom. The third-order valence-electron chi connectivity index (χ3n) is 2.13. The molecule has 0 aliphatic rings. The smallest absolute Gasteiger partial charge is 0.240 e. The number of hydrogen-bond acceptors (Lipinski definition) is 3. The van der Waals surface area contributed by atoms with Gasteiger partial charge >= 0.3 is 0 Å². The van der Waals surface area contributed by atoms with Gasteiger partial charge in [-0.1, -0.05) is 18.5 Å². The van der Waals surface area contributed by atoms with Gasteiger partial charge in [-0.3, -0.25) is 0 Å². The summed E-state index contributed by atoms with van der Waals surface area (Å²) in [5, 5.41) is 0.368. The molecule has 3 N–H and O–H groups in total. The van der Waals surface area contributed by atoms with Gasteiger partial charge in [-0.25, -0.2) is 13.1 Å². The number of aryl methyl sites for hydroxylation is 1. The highest BCUT2D eigenvalue weighted by Crippen LogP contribution is 2.25. The first kappa shape index (κ1) is 13.3. The van der Waals surface area contributed by atoms with E-state index in [-0.39, 0.29) is 10.6 Å². The average Bonchev–Trinajstić information content (AvgIpc) is 2.20. The molecule has 0 saturated heterocycles. The van der Waals surface area contributed by atoms with E-state index in [1.165, 1.54) is 6.07 Å². The van der Waals surface area contributed by atoms with Crippen LogP contribution < -0.4 is 10.5 Å². The van der Waals surface area contributed by atoms with E-state index in [0.29, 0.717) is 17.1 Å². The van der Waals surface area contributed by atoms with Crippen LogP contribution in [-0.2, 0) is 10.0 Å². The molecule has 0 fully saturated rings. The monoisotopic (exact) mass is 262 g/mol. The molecule has 0 saturated carbocycles. The first-order chi connectivity index (χ1) is 7.38. The summed E-state index contributed by atoms with van der Waals surface area (Å²) in [6.45, 7) is 3.99. The third kappa shape index (κ3) is 2.87. The minimum Gasteiger partial charge on any atom is -0.397 e. The Balaban J connectivity index is 3.18. The Hall–Kier alpha value is -0.780. The predicted molar refractivity (Wildman–Crippen MR) is 66.1 cm³/mol. The molecule has 0 amide bonds. The molecular weight excluding hydrogens is 248 g/mol. The van der Waals surface area contributed by atoms with Gasteiger partial charge in [-0.2, -0.15) is 0 Å². The molecule has 0 heterocycles. The van der Waals surface area contributed by atoms with Crippen molar-refractivity contribution in [1.29, 1.82) is 0 Å². The van der Waals surface area contributed by atoms with Gasteiger partial charge < -0.3 is 5.73 Å². The van der Waals surface area contributed by atoms with Crippen LogP contribution in [-0.4, -0.2) is 15.0 Å². The maximum absolute atomic E-state index is 11.9. The summed E-state index contributed by atoms with van der Waals surface area (Å²) in [6, 6.07) is 2.94. The third-order valence-corrected chi connectivity index (χ3v) is 4.06. The molecule has 4 nitrogen and oxygen atoms in total. The van der Waals surface area contributed by atoms with Crippen LogP contribution in [0.25, 0.3) is 0 Å². The van der Waals surface area contributed by atoms with Crippen LogP contribution in [0, 0.1) is 6.92 Å². The van der Waals surface area contributed by atoms with Gasteiger partial charge in [-0.15, -0.1) is 0 Å². The van der Waals surface area contributed by atoms with Gasteiger partial charge in [0.05, 0.1) is 15.6 Å². The van der Waals surface area contributed by atoms with Crippen molar-refractivity contribution >= 4 is 27.3 Å². The largest absolute Gasteiger partial charge is 0.397 e. The lowest BCUT2D eigenvalue weighted by Gasteiger charge is -2.10. The first-order valence-electron chi connectivity index (χ1n) is 4.93. The van der Waals surface area contributed by atoms with Crippen molar-refractivity contribution in [2.75, 3.05) is 12.3 Å². The summed E-state index contributed by atoms with van der Waals surface area (Å²) < 4.78 is 26.2. The van der Waals surface area contributed by atoms with E-state index in [1.807, 2.05) is 6.92 Å². The van der Waals surface area contributed by atoms with Crippen LogP contribution in [0.5, 0.6) is 0 Å². The molecule has 0 aliphatic carbocycles. The molecule has 0 spiro atoms. The van der Waals surface area contributed by atoms with Crippen molar-refractivity contribution in [1.82, 2.24) is 4.72 Å². The molecule has 1 aromatic rings. The number of nitrogens with one attached hydrogen (secondary N) is 1. The number of nitrogen functional groups attached to an aromatic ring is 1. The molecule has 16 heavy (non-hydrogen) atoms. The van der Waals surface area contributed by atoms with Crippen molar-refractivity contribution < 1.29 is 8.42 Å². The number of halogens is 1. The number of benzene rings is 1. The lowest BCUT2D eigenvalue weighted by Crippen LogP contribution is -2.25. The fourth-order valence-electron chi connectivity index (χ4n) is 1.27. The van der Waals surface area contributed by atoms with Crippen molar-refractivity contribution in [3.05, 3.63) is 22.7 Å². The fraction of sp³-hybridized carbons (Fsp3) is 0.400. The normalized spacial score (nSPS) is 11.7. The van der Waals surface area contributed by atoms with E-state index in [0.717, 1.165) is 6.42 Å². The maximum Gasteiger partial charge on any atom is 0.240 e. The van der Waals surface area contributed by atoms with Crippen LogP contribution >= 0.6 is 11.6 Å². The summed E-state index contributed by atoms with van der Waals surface area (Å²) in [4.78, 5) is 0.183. The van der Waals surface area contributed by atoms with Gasteiger partial charge in [0.15, 0.2) is 0 Å². The summed E-state index contributed by atoms with van der Waals surface area (Å²) in [6.07, 6.45) is 0.737. The van der Waals surface area contributed by atoms with Crippen LogP contribution in [0.2, 0.25) is 5.02 Å². The topological polar surface area (TPSA) is 72.2 Å². The second-order valence-corrected chi connectivity index (χ2v) is 5.68. The molecule has 0 bridgehead atoms. The second-order valence-electron chi connectivity index (χ2n) is 3.54. The van der Waals surface area contributed by atoms with Gasteiger partial charge in [0.25, 0.3) is 0 Å². The van der Waals surface area contributed by atoms with E-state index in [1.54, 1.807) is 13.0 Å². The predicted octanol–water partition coefficient (Wildman–Crippen LogP) is 1.92. The fourth-order valence-corrected chi connectivity index (χ4v) is 2.88. The molecule has 0 aliphatic heterocycles. The lowest BCUT2D eigenvalue weighted by atomic mass is 10.2. The summed E-state index contributed by atoms with van der Waals surface area (Å²) in [5.41, 5.74) is 6.44. The minimum atomic E-state index is -3.48. The molecule has 6 heteroatoms. The standard InChI is InChI=1S/C10H15ClN2O2S/c1-3-4-13-16(14,15)10-6-9(12)8(11)5-7(10)2/h5-6,13H,3-4,12H2,1-2H3. The second kappa shape index (κ2) is 5.03. The Morgan fingerprint density at radius 1 is 1.44 bits per heavy atom. The number of rotatable bonds is 4. The van der Waals surface area contributed by atoms with Crippen molar-refractivity contribution in [3.8, 4) is 0 Å². The Labute approximate surface area is 101 Å². The number of hydrogen-bond donors (Lipinski definition) is 2. The first-order valence-corrected chi connectivity index (χ1v) is 6.80. The Kier molecular flexibility index (Phi) is 4.18. The van der Waals surface area contributed by atoms with Gasteiger partial charge in [-0.05, 0) is 31.0 Å². The molecule has 0 radical (unpaired) electrons. The highest BCUT2D eigenvalue weighted by atomic mass is 35.5. The lowest BCUT2D eigenvalue weighted by molar-refractivity contribution is 0.580. The number of sulfonamides is 1. The van der Waals surface area contributed by atoms with E-state index in [2.05, 4.69) is 4.72 Å².